The Labute approximate surface area is 91.3 Å². The molecule has 0 fully saturated rings. The third kappa shape index (κ3) is 3.14. The SMILES string of the molecule is COC(=O)NNC(=O)c1ccccc1Cl. The van der Waals surface area contributed by atoms with Crippen molar-refractivity contribution in [3.8, 4) is 0 Å². The summed E-state index contributed by atoms with van der Waals surface area (Å²) >= 11 is 5.76. The minimum atomic E-state index is -0.754. The molecule has 0 aliphatic carbocycles. The first-order valence-electron chi connectivity index (χ1n) is 4.04. The minimum absolute atomic E-state index is 0.274. The fraction of sp³-hybridized carbons (Fsp3) is 0.111. The summed E-state index contributed by atoms with van der Waals surface area (Å²) in [6.07, 6.45) is -0.754. The highest BCUT2D eigenvalue weighted by molar-refractivity contribution is 6.33. The van der Waals surface area contributed by atoms with Crippen molar-refractivity contribution in [3.63, 3.8) is 0 Å². The second-order valence-corrected chi connectivity index (χ2v) is 2.96. The lowest BCUT2D eigenvalue weighted by atomic mass is 10.2. The Hall–Kier alpha value is -1.75. The van der Waals surface area contributed by atoms with Crippen LogP contribution < -0.4 is 10.9 Å². The predicted octanol–water partition coefficient (Wildman–Crippen LogP) is 1.34. The van der Waals surface area contributed by atoms with Gasteiger partial charge in [-0.25, -0.2) is 10.2 Å². The zero-order valence-corrected chi connectivity index (χ0v) is 8.67. The zero-order chi connectivity index (χ0) is 11.3. The molecule has 15 heavy (non-hydrogen) atoms. The molecular formula is C9H9ClN2O3. The van der Waals surface area contributed by atoms with Gasteiger partial charge in [0, 0.05) is 0 Å². The summed E-state index contributed by atoms with van der Waals surface area (Å²) in [4.78, 5) is 22.1. The molecule has 0 aromatic heterocycles. The quantitative estimate of drug-likeness (QED) is 0.713. The number of rotatable bonds is 1. The van der Waals surface area contributed by atoms with E-state index in [1.807, 2.05) is 5.43 Å². The molecule has 0 saturated heterocycles. The molecule has 1 rings (SSSR count). The van der Waals surface area contributed by atoms with E-state index >= 15 is 0 Å². The number of carbonyl (C=O) groups excluding carboxylic acids is 2. The number of hydrogen-bond acceptors (Lipinski definition) is 3. The largest absolute Gasteiger partial charge is 0.452 e. The van der Waals surface area contributed by atoms with Gasteiger partial charge in [0.25, 0.3) is 5.91 Å². The van der Waals surface area contributed by atoms with Gasteiger partial charge < -0.3 is 4.74 Å². The lowest BCUT2D eigenvalue weighted by Crippen LogP contribution is -2.41. The number of amides is 2. The van der Waals surface area contributed by atoms with Crippen molar-refractivity contribution in [2.75, 3.05) is 7.11 Å². The van der Waals surface area contributed by atoms with Crippen LogP contribution in [0.3, 0.4) is 0 Å². The lowest BCUT2D eigenvalue weighted by Gasteiger charge is -2.06. The number of carbonyl (C=O) groups is 2. The molecule has 0 aliphatic heterocycles. The standard InChI is InChI=1S/C9H9ClN2O3/c1-15-9(14)12-11-8(13)6-4-2-3-5-7(6)10/h2-5H,1H3,(H,11,13)(H,12,14). The van der Waals surface area contributed by atoms with Gasteiger partial charge in [-0.15, -0.1) is 0 Å². The van der Waals surface area contributed by atoms with E-state index in [4.69, 9.17) is 11.6 Å². The zero-order valence-electron chi connectivity index (χ0n) is 7.91. The Morgan fingerprint density at radius 3 is 2.53 bits per heavy atom. The fourth-order valence-electron chi connectivity index (χ4n) is 0.872. The van der Waals surface area contributed by atoms with Crippen LogP contribution in [0.1, 0.15) is 10.4 Å². The number of hydrogen-bond donors (Lipinski definition) is 2. The van der Waals surface area contributed by atoms with E-state index < -0.39 is 12.0 Å². The molecule has 2 amide bonds. The van der Waals surface area contributed by atoms with Crippen LogP contribution >= 0.6 is 11.6 Å². The number of methoxy groups -OCH3 is 1. The normalized spacial score (nSPS) is 9.20. The van der Waals surface area contributed by atoms with Gasteiger partial charge in [-0.2, -0.15) is 0 Å². The Balaban J connectivity index is 2.62. The van der Waals surface area contributed by atoms with Crippen LogP contribution in [0.15, 0.2) is 24.3 Å². The second kappa shape index (κ2) is 5.21. The maximum atomic E-state index is 11.4. The maximum absolute atomic E-state index is 11.4. The van der Waals surface area contributed by atoms with E-state index in [2.05, 4.69) is 10.2 Å². The van der Waals surface area contributed by atoms with Crippen LogP contribution in [0.25, 0.3) is 0 Å². The van der Waals surface area contributed by atoms with Gasteiger partial charge in [0.15, 0.2) is 0 Å². The summed E-state index contributed by atoms with van der Waals surface area (Å²) in [5.41, 5.74) is 4.45. The van der Waals surface area contributed by atoms with Crippen molar-refractivity contribution < 1.29 is 14.3 Å². The van der Waals surface area contributed by atoms with Crippen LogP contribution in [0.4, 0.5) is 4.79 Å². The fourth-order valence-corrected chi connectivity index (χ4v) is 1.09. The van der Waals surface area contributed by atoms with Crippen molar-refractivity contribution in [2.45, 2.75) is 0 Å². The second-order valence-electron chi connectivity index (χ2n) is 2.55. The van der Waals surface area contributed by atoms with E-state index in [1.54, 1.807) is 18.2 Å². The Kier molecular flexibility index (Phi) is 3.93. The van der Waals surface area contributed by atoms with Crippen LogP contribution in [-0.4, -0.2) is 19.1 Å². The summed E-state index contributed by atoms with van der Waals surface area (Å²) in [5, 5.41) is 0.307. The van der Waals surface area contributed by atoms with Gasteiger partial charge in [0.2, 0.25) is 0 Å². The highest BCUT2D eigenvalue weighted by atomic mass is 35.5. The molecule has 0 radical (unpaired) electrons. The van der Waals surface area contributed by atoms with Crippen LogP contribution in [-0.2, 0) is 4.74 Å². The van der Waals surface area contributed by atoms with Crippen LogP contribution in [0.5, 0.6) is 0 Å². The minimum Gasteiger partial charge on any atom is -0.452 e. The van der Waals surface area contributed by atoms with E-state index in [-0.39, 0.29) is 5.56 Å². The smallest absolute Gasteiger partial charge is 0.425 e. The maximum Gasteiger partial charge on any atom is 0.425 e. The molecule has 80 valence electrons. The predicted molar refractivity (Wildman–Crippen MR) is 54.5 cm³/mol. The van der Waals surface area contributed by atoms with Gasteiger partial charge in [-0.05, 0) is 12.1 Å². The first-order chi connectivity index (χ1) is 7.15. The first kappa shape index (κ1) is 11.3. The van der Waals surface area contributed by atoms with Crippen LogP contribution in [0, 0.1) is 0 Å². The summed E-state index contributed by atoms with van der Waals surface area (Å²) in [6.45, 7) is 0. The molecule has 1 aromatic carbocycles. The number of ether oxygens (including phenoxy) is 1. The van der Waals surface area contributed by atoms with Crippen LogP contribution in [0.2, 0.25) is 5.02 Å². The Morgan fingerprint density at radius 2 is 1.93 bits per heavy atom. The summed E-state index contributed by atoms with van der Waals surface area (Å²) in [5.74, 6) is -0.508. The average Bonchev–Trinajstić information content (AvgIpc) is 2.26. The topological polar surface area (TPSA) is 67.4 Å². The molecular weight excluding hydrogens is 220 g/mol. The van der Waals surface area contributed by atoms with Gasteiger partial charge in [-0.1, -0.05) is 23.7 Å². The third-order valence-corrected chi connectivity index (χ3v) is 1.91. The molecule has 0 unspecified atom stereocenters. The van der Waals surface area contributed by atoms with Gasteiger partial charge >= 0.3 is 6.09 Å². The van der Waals surface area contributed by atoms with Crippen molar-refractivity contribution in [2.24, 2.45) is 0 Å². The summed E-state index contributed by atoms with van der Waals surface area (Å²) in [6, 6.07) is 6.48. The molecule has 0 spiro atoms. The van der Waals surface area contributed by atoms with Crippen molar-refractivity contribution in [1.29, 1.82) is 0 Å². The highest BCUT2D eigenvalue weighted by Gasteiger charge is 2.09. The average molecular weight is 229 g/mol. The number of halogens is 1. The summed E-state index contributed by atoms with van der Waals surface area (Å²) < 4.78 is 4.27. The van der Waals surface area contributed by atoms with Crippen molar-refractivity contribution in [1.82, 2.24) is 10.9 Å². The van der Waals surface area contributed by atoms with E-state index in [0.29, 0.717) is 5.02 Å². The van der Waals surface area contributed by atoms with Gasteiger partial charge in [0.1, 0.15) is 0 Å². The van der Waals surface area contributed by atoms with E-state index in [0.717, 1.165) is 0 Å². The third-order valence-electron chi connectivity index (χ3n) is 1.58. The molecule has 6 heteroatoms. The molecule has 0 saturated carbocycles. The summed E-state index contributed by atoms with van der Waals surface area (Å²) in [7, 11) is 1.19. The molecule has 0 heterocycles. The Morgan fingerprint density at radius 1 is 1.27 bits per heavy atom. The van der Waals surface area contributed by atoms with Crippen molar-refractivity contribution >= 4 is 23.6 Å². The molecule has 1 aromatic rings. The molecule has 0 atom stereocenters. The molecule has 0 aliphatic rings. The number of hydrazine groups is 1. The molecule has 5 nitrogen and oxygen atoms in total. The number of nitrogens with one attached hydrogen (secondary N) is 2. The van der Waals surface area contributed by atoms with Gasteiger partial charge in [0.05, 0.1) is 17.7 Å². The molecule has 2 N–H and O–H groups in total. The van der Waals surface area contributed by atoms with Crippen molar-refractivity contribution in [3.05, 3.63) is 34.9 Å². The van der Waals surface area contributed by atoms with E-state index in [1.165, 1.54) is 13.2 Å². The lowest BCUT2D eigenvalue weighted by molar-refractivity contribution is 0.0921. The first-order valence-corrected chi connectivity index (χ1v) is 4.41. The van der Waals surface area contributed by atoms with E-state index in [9.17, 15) is 9.59 Å². The highest BCUT2D eigenvalue weighted by Crippen LogP contribution is 2.13. The van der Waals surface area contributed by atoms with Gasteiger partial charge in [-0.3, -0.25) is 10.2 Å². The molecule has 0 bridgehead atoms. The Bertz CT molecular complexity index is 381. The monoisotopic (exact) mass is 228 g/mol. The number of benzene rings is 1.